The molecule has 2 heterocycles. The smallest absolute Gasteiger partial charge is 0.244 e. The van der Waals surface area contributed by atoms with Gasteiger partial charge in [0.2, 0.25) is 11.8 Å². The van der Waals surface area contributed by atoms with Crippen LogP contribution in [0.5, 0.6) is 0 Å². The molecule has 2 rings (SSSR count). The fourth-order valence-corrected chi connectivity index (χ4v) is 2.72. The summed E-state index contributed by atoms with van der Waals surface area (Å²) >= 11 is 0. The van der Waals surface area contributed by atoms with Gasteiger partial charge in [0.05, 0.1) is 0 Å². The molecular weight excluding hydrogens is 284 g/mol. The lowest BCUT2D eigenvalue weighted by molar-refractivity contribution is 0.368. The highest BCUT2D eigenvalue weighted by molar-refractivity contribution is 7.90. The highest BCUT2D eigenvalue weighted by atomic mass is 32.2. The summed E-state index contributed by atoms with van der Waals surface area (Å²) in [7, 11) is -3.55. The Balaban J connectivity index is 2.15. The van der Waals surface area contributed by atoms with Gasteiger partial charge in [0.1, 0.15) is 11.0 Å². The average molecular weight is 300 g/mol. The van der Waals surface area contributed by atoms with Crippen molar-refractivity contribution in [2.24, 2.45) is 0 Å². The lowest BCUT2D eigenvalue weighted by Crippen LogP contribution is -2.13. The molecular formula is C11H16N4O4S. The molecule has 0 aliphatic rings. The minimum absolute atomic E-state index is 0.0580. The van der Waals surface area contributed by atoms with Gasteiger partial charge in [-0.15, -0.1) is 0 Å². The van der Waals surface area contributed by atoms with Crippen LogP contribution < -0.4 is 0 Å². The summed E-state index contributed by atoms with van der Waals surface area (Å²) in [6, 6.07) is 0. The SMILES string of the molecule is CCCc1noc(C(C)S(=O)(=O)Cc2nc(C)no2)n1. The molecule has 1 unspecified atom stereocenters. The minimum Gasteiger partial charge on any atom is -0.338 e. The molecule has 8 nitrogen and oxygen atoms in total. The Morgan fingerprint density at radius 2 is 1.95 bits per heavy atom. The van der Waals surface area contributed by atoms with E-state index in [0.29, 0.717) is 18.1 Å². The van der Waals surface area contributed by atoms with E-state index in [0.717, 1.165) is 6.42 Å². The first kappa shape index (κ1) is 14.6. The van der Waals surface area contributed by atoms with Gasteiger partial charge < -0.3 is 9.05 Å². The maximum atomic E-state index is 12.2. The summed E-state index contributed by atoms with van der Waals surface area (Å²) in [5.41, 5.74) is 0. The van der Waals surface area contributed by atoms with Crippen LogP contribution >= 0.6 is 0 Å². The Morgan fingerprint density at radius 1 is 1.20 bits per heavy atom. The molecule has 9 heteroatoms. The molecule has 2 aromatic heterocycles. The molecule has 0 aromatic carbocycles. The van der Waals surface area contributed by atoms with Gasteiger partial charge in [-0.2, -0.15) is 9.97 Å². The van der Waals surface area contributed by atoms with E-state index in [1.165, 1.54) is 6.92 Å². The topological polar surface area (TPSA) is 112 Å². The van der Waals surface area contributed by atoms with Crippen molar-refractivity contribution in [3.8, 4) is 0 Å². The van der Waals surface area contributed by atoms with Crippen LogP contribution in [0.2, 0.25) is 0 Å². The standard InChI is InChI=1S/C11H16N4O4S/c1-4-5-9-13-11(19-15-9)7(2)20(16,17)6-10-12-8(3)14-18-10/h7H,4-6H2,1-3H3. The maximum Gasteiger partial charge on any atom is 0.244 e. The Bertz CT molecular complexity index is 676. The fraction of sp³-hybridized carbons (Fsp3) is 0.636. The predicted octanol–water partition coefficient (Wildman–Crippen LogP) is 1.39. The number of aryl methyl sites for hydroxylation is 2. The zero-order valence-corrected chi connectivity index (χ0v) is 12.3. The van der Waals surface area contributed by atoms with Gasteiger partial charge >= 0.3 is 0 Å². The third-order valence-corrected chi connectivity index (χ3v) is 4.67. The Labute approximate surface area is 116 Å². The number of hydrogen-bond acceptors (Lipinski definition) is 8. The molecule has 0 aliphatic carbocycles. The van der Waals surface area contributed by atoms with Crippen LogP contribution in [-0.4, -0.2) is 28.7 Å². The number of rotatable bonds is 6. The van der Waals surface area contributed by atoms with Crippen molar-refractivity contribution >= 4 is 9.84 Å². The van der Waals surface area contributed by atoms with Gasteiger partial charge in [-0.05, 0) is 20.3 Å². The number of sulfone groups is 1. The van der Waals surface area contributed by atoms with Crippen LogP contribution in [0.15, 0.2) is 9.05 Å². The van der Waals surface area contributed by atoms with Crippen LogP contribution in [0.3, 0.4) is 0 Å². The highest BCUT2D eigenvalue weighted by Crippen LogP contribution is 2.23. The van der Waals surface area contributed by atoms with E-state index in [4.69, 9.17) is 9.05 Å². The van der Waals surface area contributed by atoms with E-state index in [2.05, 4.69) is 20.3 Å². The van der Waals surface area contributed by atoms with Crippen molar-refractivity contribution < 1.29 is 17.5 Å². The molecule has 0 radical (unpaired) electrons. The van der Waals surface area contributed by atoms with Crippen molar-refractivity contribution in [2.45, 2.75) is 44.6 Å². The third kappa shape index (κ3) is 3.21. The second-order valence-electron chi connectivity index (χ2n) is 4.48. The van der Waals surface area contributed by atoms with E-state index in [-0.39, 0.29) is 17.5 Å². The summed E-state index contributed by atoms with van der Waals surface area (Å²) in [6.07, 6.45) is 1.51. The van der Waals surface area contributed by atoms with Crippen LogP contribution in [0.4, 0.5) is 0 Å². The summed E-state index contributed by atoms with van der Waals surface area (Å²) in [4.78, 5) is 7.97. The van der Waals surface area contributed by atoms with Crippen molar-refractivity contribution in [1.82, 2.24) is 20.3 Å². The Hall–Kier alpha value is -1.77. The molecule has 0 bridgehead atoms. The van der Waals surface area contributed by atoms with E-state index in [1.807, 2.05) is 6.92 Å². The van der Waals surface area contributed by atoms with Crippen LogP contribution in [0.1, 0.15) is 48.9 Å². The van der Waals surface area contributed by atoms with Crippen molar-refractivity contribution in [1.29, 1.82) is 0 Å². The summed E-state index contributed by atoms with van der Waals surface area (Å²) in [6.45, 7) is 5.11. The second kappa shape index (κ2) is 5.70. The predicted molar refractivity (Wildman–Crippen MR) is 68.4 cm³/mol. The quantitative estimate of drug-likeness (QED) is 0.786. The van der Waals surface area contributed by atoms with Crippen LogP contribution in [0.25, 0.3) is 0 Å². The lowest BCUT2D eigenvalue weighted by Gasteiger charge is -2.05. The first-order chi connectivity index (χ1) is 9.42. The normalized spacial score (nSPS) is 13.6. The molecule has 2 aromatic rings. The molecule has 0 aliphatic heterocycles. The highest BCUT2D eigenvalue weighted by Gasteiger charge is 2.30. The van der Waals surface area contributed by atoms with E-state index in [1.54, 1.807) is 6.92 Å². The van der Waals surface area contributed by atoms with E-state index >= 15 is 0 Å². The van der Waals surface area contributed by atoms with E-state index < -0.39 is 15.1 Å². The van der Waals surface area contributed by atoms with Gasteiger partial charge in [-0.1, -0.05) is 17.2 Å². The molecule has 0 N–H and O–H groups in total. The zero-order chi connectivity index (χ0) is 14.8. The number of aromatic nitrogens is 4. The summed E-state index contributed by atoms with van der Waals surface area (Å²) < 4.78 is 34.3. The molecule has 0 saturated heterocycles. The molecule has 0 fully saturated rings. The van der Waals surface area contributed by atoms with Crippen molar-refractivity contribution in [3.63, 3.8) is 0 Å². The third-order valence-electron chi connectivity index (χ3n) is 2.74. The minimum atomic E-state index is -3.55. The Morgan fingerprint density at radius 3 is 2.55 bits per heavy atom. The molecule has 110 valence electrons. The molecule has 20 heavy (non-hydrogen) atoms. The monoisotopic (exact) mass is 300 g/mol. The molecule has 1 atom stereocenters. The molecule has 0 amide bonds. The Kier molecular flexibility index (Phi) is 4.17. The first-order valence-corrected chi connectivity index (χ1v) is 7.97. The molecule has 0 spiro atoms. The van der Waals surface area contributed by atoms with Gasteiger partial charge in [0.25, 0.3) is 0 Å². The van der Waals surface area contributed by atoms with Gasteiger partial charge in [0.15, 0.2) is 21.5 Å². The summed E-state index contributed by atoms with van der Waals surface area (Å²) in [5, 5.41) is 6.40. The number of nitrogens with zero attached hydrogens (tertiary/aromatic N) is 4. The zero-order valence-electron chi connectivity index (χ0n) is 11.5. The summed E-state index contributed by atoms with van der Waals surface area (Å²) in [5.74, 6) is 0.705. The average Bonchev–Trinajstić information content (AvgIpc) is 2.98. The lowest BCUT2D eigenvalue weighted by atomic mass is 10.3. The van der Waals surface area contributed by atoms with E-state index in [9.17, 15) is 8.42 Å². The fourth-order valence-electron chi connectivity index (χ4n) is 1.61. The first-order valence-electron chi connectivity index (χ1n) is 6.25. The van der Waals surface area contributed by atoms with Crippen LogP contribution in [-0.2, 0) is 22.0 Å². The largest absolute Gasteiger partial charge is 0.338 e. The van der Waals surface area contributed by atoms with Crippen LogP contribution in [0, 0.1) is 6.92 Å². The van der Waals surface area contributed by atoms with Crippen molar-refractivity contribution in [2.75, 3.05) is 0 Å². The maximum absolute atomic E-state index is 12.2. The van der Waals surface area contributed by atoms with Gasteiger partial charge in [-0.3, -0.25) is 0 Å². The van der Waals surface area contributed by atoms with Gasteiger partial charge in [-0.25, -0.2) is 8.42 Å². The second-order valence-corrected chi connectivity index (χ2v) is 6.81. The molecule has 0 saturated carbocycles. The number of hydrogen-bond donors (Lipinski definition) is 0. The van der Waals surface area contributed by atoms with Gasteiger partial charge in [0, 0.05) is 6.42 Å². The van der Waals surface area contributed by atoms with Crippen molar-refractivity contribution in [3.05, 3.63) is 23.4 Å².